The van der Waals surface area contributed by atoms with E-state index in [4.69, 9.17) is 9.97 Å². The van der Waals surface area contributed by atoms with E-state index in [1.165, 1.54) is 33.1 Å². The Bertz CT molecular complexity index is 1820. The van der Waals surface area contributed by atoms with Crippen LogP contribution in [0.1, 0.15) is 11.5 Å². The molecule has 0 saturated carbocycles. The van der Waals surface area contributed by atoms with Crippen LogP contribution in [0.2, 0.25) is 0 Å². The number of rotatable bonds is 3. The van der Waals surface area contributed by atoms with Crippen molar-refractivity contribution in [3.63, 3.8) is 0 Å². The van der Waals surface area contributed by atoms with Gasteiger partial charge in [0.25, 0.3) is 0 Å². The summed E-state index contributed by atoms with van der Waals surface area (Å²) in [4.78, 5) is 12.0. The lowest BCUT2D eigenvalue weighted by atomic mass is 9.91. The molecular formula is C34H24N4. The van der Waals surface area contributed by atoms with Gasteiger partial charge in [-0.05, 0) is 35.9 Å². The predicted molar refractivity (Wildman–Crippen MR) is 155 cm³/mol. The zero-order valence-electron chi connectivity index (χ0n) is 20.6. The first kappa shape index (κ1) is 21.2. The Morgan fingerprint density at radius 1 is 0.605 bits per heavy atom. The monoisotopic (exact) mass is 488 g/mol. The third kappa shape index (κ3) is 3.10. The summed E-state index contributed by atoms with van der Waals surface area (Å²) in [7, 11) is 0. The molecule has 0 amide bonds. The van der Waals surface area contributed by atoms with Crippen LogP contribution >= 0.6 is 0 Å². The highest BCUT2D eigenvalue weighted by Gasteiger charge is 2.37. The van der Waals surface area contributed by atoms with Gasteiger partial charge in [0.2, 0.25) is 0 Å². The van der Waals surface area contributed by atoms with Gasteiger partial charge in [-0.3, -0.25) is 4.98 Å². The molecule has 4 aromatic carbocycles. The third-order valence-electron chi connectivity index (χ3n) is 7.85. The van der Waals surface area contributed by atoms with E-state index < -0.39 is 0 Å². The largest absolute Gasteiger partial charge is 0.317 e. The van der Waals surface area contributed by atoms with Crippen molar-refractivity contribution in [3.8, 4) is 16.9 Å². The summed E-state index contributed by atoms with van der Waals surface area (Å²) in [5.74, 6) is 1.21. The number of allylic oxidation sites excluding steroid dienone is 2. The molecule has 6 aromatic rings. The van der Waals surface area contributed by atoms with Crippen LogP contribution < -0.4 is 4.90 Å². The summed E-state index contributed by atoms with van der Waals surface area (Å²) in [6, 6.07) is 34.6. The zero-order chi connectivity index (χ0) is 25.1. The van der Waals surface area contributed by atoms with Crippen LogP contribution in [0.15, 0.2) is 134 Å². The maximum Gasteiger partial charge on any atom is 0.152 e. The first-order chi connectivity index (χ1) is 18.9. The van der Waals surface area contributed by atoms with Crippen LogP contribution in [0.5, 0.6) is 0 Å². The van der Waals surface area contributed by atoms with E-state index in [1.807, 2.05) is 12.4 Å². The fourth-order valence-corrected chi connectivity index (χ4v) is 6.13. The normalized spacial score (nSPS) is 17.7. The van der Waals surface area contributed by atoms with Gasteiger partial charge >= 0.3 is 0 Å². The maximum absolute atomic E-state index is 4.88. The van der Waals surface area contributed by atoms with Crippen molar-refractivity contribution in [2.24, 2.45) is 0 Å². The SMILES string of the molecule is C1=CC2c3ccccc3N(c3cnc(-c4ccc(-n5c6ccccc6c6ccccc65)cc4)cn3)C2C=C1. The molecule has 1 aliphatic carbocycles. The number of para-hydroxylation sites is 3. The van der Waals surface area contributed by atoms with Gasteiger partial charge in [-0.15, -0.1) is 0 Å². The number of nitrogens with zero attached hydrogens (tertiary/aromatic N) is 4. The minimum Gasteiger partial charge on any atom is -0.317 e. The number of hydrogen-bond donors (Lipinski definition) is 0. The molecule has 1 aliphatic heterocycles. The molecule has 3 heterocycles. The Kier molecular flexibility index (Phi) is 4.61. The molecule has 0 saturated heterocycles. The van der Waals surface area contributed by atoms with Crippen LogP contribution in [0.25, 0.3) is 38.8 Å². The average Bonchev–Trinajstić information content (AvgIpc) is 3.51. The van der Waals surface area contributed by atoms with Crippen molar-refractivity contribution in [2.75, 3.05) is 4.90 Å². The Labute approximate surface area is 220 Å². The van der Waals surface area contributed by atoms with Gasteiger partial charge in [0, 0.05) is 33.6 Å². The van der Waals surface area contributed by atoms with Gasteiger partial charge in [-0.25, -0.2) is 4.98 Å². The lowest BCUT2D eigenvalue weighted by Gasteiger charge is -2.27. The van der Waals surface area contributed by atoms with Gasteiger partial charge in [0.15, 0.2) is 5.82 Å². The molecule has 2 aromatic heterocycles. The lowest BCUT2D eigenvalue weighted by molar-refractivity contribution is 0.737. The second-order valence-corrected chi connectivity index (χ2v) is 9.89. The average molecular weight is 489 g/mol. The van der Waals surface area contributed by atoms with E-state index in [0.717, 1.165) is 22.8 Å². The van der Waals surface area contributed by atoms with Crippen LogP contribution in [-0.4, -0.2) is 20.6 Å². The topological polar surface area (TPSA) is 34.0 Å². The fourth-order valence-electron chi connectivity index (χ4n) is 6.13. The molecule has 2 atom stereocenters. The first-order valence-corrected chi connectivity index (χ1v) is 13.0. The van der Waals surface area contributed by atoms with E-state index in [2.05, 4.69) is 131 Å². The van der Waals surface area contributed by atoms with Crippen molar-refractivity contribution in [3.05, 3.63) is 139 Å². The van der Waals surface area contributed by atoms with E-state index in [-0.39, 0.29) is 6.04 Å². The number of anilines is 2. The van der Waals surface area contributed by atoms with E-state index in [1.54, 1.807) is 0 Å². The van der Waals surface area contributed by atoms with Crippen molar-refractivity contribution >= 4 is 33.3 Å². The summed E-state index contributed by atoms with van der Waals surface area (Å²) in [6.07, 6.45) is 12.6. The molecule has 38 heavy (non-hydrogen) atoms. The quantitative estimate of drug-likeness (QED) is 0.253. The second kappa shape index (κ2) is 8.29. The Morgan fingerprint density at radius 3 is 2.03 bits per heavy atom. The fraction of sp³-hybridized carbons (Fsp3) is 0.0588. The summed E-state index contributed by atoms with van der Waals surface area (Å²) in [5.41, 5.74) is 8.01. The van der Waals surface area contributed by atoms with Crippen molar-refractivity contribution in [1.29, 1.82) is 0 Å². The maximum atomic E-state index is 4.88. The highest BCUT2D eigenvalue weighted by atomic mass is 15.2. The number of benzene rings is 4. The highest BCUT2D eigenvalue weighted by Crippen LogP contribution is 2.46. The minimum absolute atomic E-state index is 0.225. The number of hydrogen-bond acceptors (Lipinski definition) is 3. The number of fused-ring (bicyclic) bond motifs is 6. The minimum atomic E-state index is 0.225. The zero-order valence-corrected chi connectivity index (χ0v) is 20.6. The molecule has 0 radical (unpaired) electrons. The van der Waals surface area contributed by atoms with Gasteiger partial charge in [0.05, 0.1) is 35.2 Å². The summed E-state index contributed by atoms with van der Waals surface area (Å²) < 4.78 is 2.33. The number of aromatic nitrogens is 3. The van der Waals surface area contributed by atoms with Gasteiger partial charge in [-0.1, -0.05) is 91.0 Å². The smallest absolute Gasteiger partial charge is 0.152 e. The van der Waals surface area contributed by atoms with Crippen LogP contribution in [0, 0.1) is 0 Å². The molecule has 8 rings (SSSR count). The van der Waals surface area contributed by atoms with E-state index in [9.17, 15) is 0 Å². The molecular weight excluding hydrogens is 464 g/mol. The molecule has 4 nitrogen and oxygen atoms in total. The lowest BCUT2D eigenvalue weighted by Crippen LogP contribution is -2.29. The third-order valence-corrected chi connectivity index (χ3v) is 7.85. The molecule has 0 N–H and O–H groups in total. The molecule has 2 aliphatic rings. The van der Waals surface area contributed by atoms with Gasteiger partial charge < -0.3 is 9.47 Å². The summed E-state index contributed by atoms with van der Waals surface area (Å²) >= 11 is 0. The van der Waals surface area contributed by atoms with Crippen molar-refractivity contribution in [2.45, 2.75) is 12.0 Å². The van der Waals surface area contributed by atoms with Crippen LogP contribution in [0.3, 0.4) is 0 Å². The van der Waals surface area contributed by atoms with Crippen LogP contribution in [0.4, 0.5) is 11.5 Å². The Morgan fingerprint density at radius 2 is 1.29 bits per heavy atom. The molecule has 4 heteroatoms. The highest BCUT2D eigenvalue weighted by molar-refractivity contribution is 6.09. The van der Waals surface area contributed by atoms with E-state index >= 15 is 0 Å². The molecule has 2 unspecified atom stereocenters. The predicted octanol–water partition coefficient (Wildman–Crippen LogP) is 7.97. The van der Waals surface area contributed by atoms with Crippen LogP contribution in [-0.2, 0) is 0 Å². The Hall–Kier alpha value is -4.96. The summed E-state index contributed by atoms with van der Waals surface area (Å²) in [5, 5.41) is 2.53. The van der Waals surface area contributed by atoms with E-state index in [0.29, 0.717) is 5.92 Å². The van der Waals surface area contributed by atoms with Crippen molar-refractivity contribution in [1.82, 2.24) is 14.5 Å². The summed E-state index contributed by atoms with van der Waals surface area (Å²) in [6.45, 7) is 0. The van der Waals surface area contributed by atoms with Gasteiger partial charge in [-0.2, -0.15) is 0 Å². The van der Waals surface area contributed by atoms with Crippen molar-refractivity contribution < 1.29 is 0 Å². The molecule has 0 fully saturated rings. The first-order valence-electron chi connectivity index (χ1n) is 13.0. The Balaban J connectivity index is 1.14. The standard InChI is InChI=1S/C34H24N4/c1-5-13-30-25(9-1)26-10-2-6-14-31(26)37(30)24-19-17-23(18-20-24)29-21-36-34(22-35-29)38-32-15-7-3-11-27(32)28-12-4-8-16-33(28)38/h1-22,27,32H. The molecule has 0 spiro atoms. The molecule has 0 bridgehead atoms. The second-order valence-electron chi connectivity index (χ2n) is 9.89. The molecule has 180 valence electrons. The van der Waals surface area contributed by atoms with Gasteiger partial charge in [0.1, 0.15) is 0 Å².